The number of amides is 1. The topological polar surface area (TPSA) is 54.4 Å². The van der Waals surface area contributed by atoms with Crippen LogP contribution in [0, 0.1) is 0 Å². The number of rotatable bonds is 5. The number of nitrogens with zero attached hydrogens (tertiary/aromatic N) is 3. The van der Waals surface area contributed by atoms with E-state index in [1.54, 1.807) is 13.3 Å². The second kappa shape index (κ2) is 8.38. The number of carbonyl (C=O) groups excluding carboxylic acids is 1. The van der Waals surface area contributed by atoms with Crippen molar-refractivity contribution in [3.63, 3.8) is 0 Å². The fourth-order valence-corrected chi connectivity index (χ4v) is 2.98. The molecule has 1 saturated heterocycles. The first-order valence-electron chi connectivity index (χ1n) is 8.56. The third-order valence-corrected chi connectivity index (χ3v) is 4.45. The van der Waals surface area contributed by atoms with E-state index in [-0.39, 0.29) is 5.91 Å². The molecule has 1 aliphatic rings. The third-order valence-electron chi connectivity index (χ3n) is 4.45. The van der Waals surface area contributed by atoms with E-state index in [0.29, 0.717) is 18.7 Å². The molecule has 1 amide bonds. The van der Waals surface area contributed by atoms with Crippen molar-refractivity contribution in [3.05, 3.63) is 59.7 Å². The summed E-state index contributed by atoms with van der Waals surface area (Å²) in [5.41, 5.74) is 2.71. The van der Waals surface area contributed by atoms with Crippen LogP contribution >= 0.6 is 0 Å². The summed E-state index contributed by atoms with van der Waals surface area (Å²) in [6, 6.07) is 15.4. The van der Waals surface area contributed by atoms with Crippen LogP contribution in [0.2, 0.25) is 0 Å². The fourth-order valence-electron chi connectivity index (χ4n) is 2.98. The van der Waals surface area contributed by atoms with Crippen molar-refractivity contribution in [2.24, 2.45) is 5.16 Å². The van der Waals surface area contributed by atoms with Gasteiger partial charge in [-0.2, -0.15) is 0 Å². The average Bonchev–Trinajstić information content (AvgIpc) is 2.72. The van der Waals surface area contributed by atoms with E-state index >= 15 is 0 Å². The minimum atomic E-state index is 0.0607. The highest BCUT2D eigenvalue weighted by Gasteiger charge is 2.22. The highest BCUT2D eigenvalue weighted by Crippen LogP contribution is 2.22. The van der Waals surface area contributed by atoms with Crippen molar-refractivity contribution in [2.45, 2.75) is 0 Å². The lowest BCUT2D eigenvalue weighted by Gasteiger charge is -2.36. The first-order chi connectivity index (χ1) is 12.7. The molecule has 6 heteroatoms. The number of hydrogen-bond acceptors (Lipinski definition) is 5. The minimum Gasteiger partial charge on any atom is -0.497 e. The number of carbonyl (C=O) groups is 1. The molecular formula is C20H23N3O3. The Balaban J connectivity index is 1.60. The molecule has 1 aliphatic heterocycles. The highest BCUT2D eigenvalue weighted by atomic mass is 16.6. The Hall–Kier alpha value is -3.02. The molecule has 3 rings (SSSR count). The van der Waals surface area contributed by atoms with Crippen LogP contribution in [0.4, 0.5) is 5.69 Å². The van der Waals surface area contributed by atoms with E-state index in [1.807, 2.05) is 47.4 Å². The smallest absolute Gasteiger partial charge is 0.253 e. The molecular weight excluding hydrogens is 330 g/mol. The standard InChI is InChI=1S/C20H23N3O3/c1-25-19-5-3-4-18(14-19)22-10-12-23(13-11-22)20(24)17-8-6-16(7-9-17)15-21-26-2/h3-9,14-15H,10-13H2,1-2H3/b21-15+. The molecule has 2 aromatic carbocycles. The Bertz CT molecular complexity index is 766. The number of oxime groups is 1. The number of anilines is 1. The van der Waals surface area contributed by atoms with Crippen LogP contribution in [0.25, 0.3) is 0 Å². The minimum absolute atomic E-state index is 0.0607. The molecule has 0 unspecified atom stereocenters. The van der Waals surface area contributed by atoms with E-state index in [9.17, 15) is 4.79 Å². The fraction of sp³-hybridized carbons (Fsp3) is 0.300. The van der Waals surface area contributed by atoms with Gasteiger partial charge in [-0.15, -0.1) is 0 Å². The van der Waals surface area contributed by atoms with Gasteiger partial charge in [0.25, 0.3) is 5.91 Å². The number of benzene rings is 2. The maximum Gasteiger partial charge on any atom is 0.253 e. The van der Waals surface area contributed by atoms with Crippen molar-refractivity contribution in [1.82, 2.24) is 4.90 Å². The summed E-state index contributed by atoms with van der Waals surface area (Å²) >= 11 is 0. The molecule has 0 aromatic heterocycles. The summed E-state index contributed by atoms with van der Waals surface area (Å²) < 4.78 is 5.29. The average molecular weight is 353 g/mol. The molecule has 2 aromatic rings. The number of hydrogen-bond donors (Lipinski definition) is 0. The lowest BCUT2D eigenvalue weighted by atomic mass is 10.1. The Kier molecular flexibility index (Phi) is 5.73. The zero-order valence-corrected chi connectivity index (χ0v) is 15.1. The predicted molar refractivity (Wildman–Crippen MR) is 102 cm³/mol. The van der Waals surface area contributed by atoms with E-state index in [2.05, 4.69) is 21.0 Å². The molecule has 1 heterocycles. The lowest BCUT2D eigenvalue weighted by molar-refractivity contribution is 0.0747. The third kappa shape index (κ3) is 4.14. The first-order valence-corrected chi connectivity index (χ1v) is 8.56. The molecule has 136 valence electrons. The predicted octanol–water partition coefficient (Wildman–Crippen LogP) is 2.64. The molecule has 0 radical (unpaired) electrons. The SMILES string of the molecule is CO/N=C/c1ccc(C(=O)N2CCN(c3cccc(OC)c3)CC2)cc1. The largest absolute Gasteiger partial charge is 0.497 e. The zero-order valence-electron chi connectivity index (χ0n) is 15.1. The van der Waals surface area contributed by atoms with E-state index < -0.39 is 0 Å². The second-order valence-electron chi connectivity index (χ2n) is 6.02. The quantitative estimate of drug-likeness (QED) is 0.613. The molecule has 0 spiro atoms. The van der Waals surface area contributed by atoms with Gasteiger partial charge in [-0.1, -0.05) is 23.4 Å². The summed E-state index contributed by atoms with van der Waals surface area (Å²) in [6.07, 6.45) is 1.61. The summed E-state index contributed by atoms with van der Waals surface area (Å²) in [5.74, 6) is 0.906. The molecule has 0 aliphatic carbocycles. The maximum absolute atomic E-state index is 12.7. The molecule has 0 atom stereocenters. The van der Waals surface area contributed by atoms with Crippen LogP contribution in [-0.4, -0.2) is 57.4 Å². The van der Waals surface area contributed by atoms with Gasteiger partial charge in [-0.05, 0) is 29.8 Å². The van der Waals surface area contributed by atoms with Gasteiger partial charge >= 0.3 is 0 Å². The highest BCUT2D eigenvalue weighted by molar-refractivity contribution is 5.95. The normalized spacial score (nSPS) is 14.5. The summed E-state index contributed by atoms with van der Waals surface area (Å²) in [7, 11) is 3.17. The maximum atomic E-state index is 12.7. The van der Waals surface area contributed by atoms with E-state index in [0.717, 1.165) is 30.1 Å². The molecule has 26 heavy (non-hydrogen) atoms. The Morgan fingerprint density at radius 3 is 2.42 bits per heavy atom. The Labute approximate surface area is 153 Å². The molecule has 0 N–H and O–H groups in total. The van der Waals surface area contributed by atoms with Gasteiger partial charge in [0.2, 0.25) is 0 Å². The van der Waals surface area contributed by atoms with Crippen LogP contribution in [-0.2, 0) is 4.84 Å². The van der Waals surface area contributed by atoms with Gasteiger partial charge in [-0.3, -0.25) is 4.79 Å². The van der Waals surface area contributed by atoms with Crippen molar-refractivity contribution < 1.29 is 14.4 Å². The van der Waals surface area contributed by atoms with Gasteiger partial charge in [0.05, 0.1) is 13.3 Å². The van der Waals surface area contributed by atoms with Crippen molar-refractivity contribution in [1.29, 1.82) is 0 Å². The van der Waals surface area contributed by atoms with E-state index in [4.69, 9.17) is 4.74 Å². The van der Waals surface area contributed by atoms with Gasteiger partial charge < -0.3 is 19.4 Å². The molecule has 0 bridgehead atoms. The molecule has 6 nitrogen and oxygen atoms in total. The Morgan fingerprint density at radius 2 is 1.77 bits per heavy atom. The molecule has 0 saturated carbocycles. The van der Waals surface area contributed by atoms with Crippen molar-refractivity contribution in [3.8, 4) is 5.75 Å². The lowest BCUT2D eigenvalue weighted by Crippen LogP contribution is -2.48. The van der Waals surface area contributed by atoms with Crippen molar-refractivity contribution >= 4 is 17.8 Å². The summed E-state index contributed by atoms with van der Waals surface area (Å²) in [4.78, 5) is 21.5. The van der Waals surface area contributed by atoms with Gasteiger partial charge in [-0.25, -0.2) is 0 Å². The van der Waals surface area contributed by atoms with Crippen LogP contribution in [0.15, 0.2) is 53.7 Å². The van der Waals surface area contributed by atoms with Crippen LogP contribution < -0.4 is 9.64 Å². The number of ether oxygens (including phenoxy) is 1. The van der Waals surface area contributed by atoms with Crippen LogP contribution in [0.3, 0.4) is 0 Å². The zero-order chi connectivity index (χ0) is 18.4. The van der Waals surface area contributed by atoms with Gasteiger partial charge in [0.15, 0.2) is 0 Å². The van der Waals surface area contributed by atoms with Crippen molar-refractivity contribution in [2.75, 3.05) is 45.3 Å². The van der Waals surface area contributed by atoms with Gasteiger partial charge in [0, 0.05) is 43.5 Å². The number of piperazine rings is 1. The van der Waals surface area contributed by atoms with E-state index in [1.165, 1.54) is 7.11 Å². The summed E-state index contributed by atoms with van der Waals surface area (Å²) in [5, 5.41) is 3.72. The first kappa shape index (κ1) is 17.8. The van der Waals surface area contributed by atoms with Crippen LogP contribution in [0.1, 0.15) is 15.9 Å². The Morgan fingerprint density at radius 1 is 1.04 bits per heavy atom. The summed E-state index contributed by atoms with van der Waals surface area (Å²) in [6.45, 7) is 3.00. The molecule has 1 fully saturated rings. The number of methoxy groups -OCH3 is 1. The van der Waals surface area contributed by atoms with Crippen LogP contribution in [0.5, 0.6) is 5.75 Å². The monoisotopic (exact) mass is 353 g/mol. The van der Waals surface area contributed by atoms with Gasteiger partial charge in [0.1, 0.15) is 12.9 Å². The second-order valence-corrected chi connectivity index (χ2v) is 6.02.